The second kappa shape index (κ2) is 8.97. The zero-order valence-corrected chi connectivity index (χ0v) is 20.6. The Morgan fingerprint density at radius 1 is 0.943 bits per heavy atom. The third-order valence-electron chi connectivity index (χ3n) is 7.32. The number of aryl methyl sites for hydroxylation is 1. The van der Waals surface area contributed by atoms with E-state index in [9.17, 15) is 9.59 Å². The molecule has 0 saturated heterocycles. The molecule has 2 aliphatic rings. The van der Waals surface area contributed by atoms with Gasteiger partial charge in [-0.25, -0.2) is 0 Å². The first-order chi connectivity index (χ1) is 17.1. The van der Waals surface area contributed by atoms with E-state index in [0.29, 0.717) is 12.1 Å². The molecular weight excluding hydrogens is 452 g/mol. The van der Waals surface area contributed by atoms with Crippen LogP contribution in [0.25, 0.3) is 10.8 Å². The highest BCUT2D eigenvalue weighted by Crippen LogP contribution is 2.39. The van der Waals surface area contributed by atoms with E-state index in [-0.39, 0.29) is 30.4 Å². The van der Waals surface area contributed by atoms with E-state index in [1.807, 2.05) is 64.4 Å². The highest BCUT2D eigenvalue weighted by molar-refractivity contribution is 7.10. The molecule has 0 radical (unpaired) electrons. The van der Waals surface area contributed by atoms with Crippen molar-refractivity contribution in [2.45, 2.75) is 38.3 Å². The van der Waals surface area contributed by atoms with Gasteiger partial charge in [-0.3, -0.25) is 9.59 Å². The van der Waals surface area contributed by atoms with Crippen LogP contribution in [0.1, 0.15) is 50.8 Å². The number of amides is 2. The molecule has 4 nitrogen and oxygen atoms in total. The molecule has 1 aliphatic carbocycles. The van der Waals surface area contributed by atoms with Crippen LogP contribution in [0.2, 0.25) is 0 Å². The zero-order chi connectivity index (χ0) is 23.9. The Hall–Kier alpha value is -3.44. The number of carbonyl (C=O) groups excluding carboxylic acids is 2. The van der Waals surface area contributed by atoms with Crippen molar-refractivity contribution in [3.05, 3.63) is 105 Å². The standard InChI is InChI=1S/C30H28N2O2S/c1-20-6-2-5-9-25(20)29-26-15-17-35-27(26)14-16-31(29)28(33)19-32(24-12-13-24)30(34)23-11-10-21-7-3-4-8-22(21)18-23/h2-11,15,17-18,24,29H,12-14,16,19H2,1H3. The average Bonchev–Trinajstić information content (AvgIpc) is 3.62. The van der Waals surface area contributed by atoms with Gasteiger partial charge in [0.25, 0.3) is 5.91 Å². The van der Waals surface area contributed by atoms with Crippen LogP contribution in [-0.4, -0.2) is 40.7 Å². The van der Waals surface area contributed by atoms with E-state index < -0.39 is 0 Å². The highest BCUT2D eigenvalue weighted by Gasteiger charge is 2.38. The van der Waals surface area contributed by atoms with Gasteiger partial charge in [0.1, 0.15) is 6.54 Å². The summed E-state index contributed by atoms with van der Waals surface area (Å²) in [5.41, 5.74) is 4.22. The molecule has 2 amide bonds. The van der Waals surface area contributed by atoms with Crippen LogP contribution < -0.4 is 0 Å². The van der Waals surface area contributed by atoms with Crippen molar-refractivity contribution in [3.63, 3.8) is 0 Å². The van der Waals surface area contributed by atoms with Crippen molar-refractivity contribution in [1.29, 1.82) is 0 Å². The summed E-state index contributed by atoms with van der Waals surface area (Å²) < 4.78 is 0. The fourth-order valence-corrected chi connectivity index (χ4v) is 6.20. The molecule has 4 aromatic rings. The Labute approximate surface area is 209 Å². The first-order valence-corrected chi connectivity index (χ1v) is 13.2. The van der Waals surface area contributed by atoms with E-state index in [1.165, 1.54) is 21.6 Å². The molecule has 5 heteroatoms. The summed E-state index contributed by atoms with van der Waals surface area (Å²) in [6, 6.07) is 24.4. The fraction of sp³-hybridized carbons (Fsp3) is 0.267. The van der Waals surface area contributed by atoms with Crippen LogP contribution in [0.5, 0.6) is 0 Å². The molecule has 2 heterocycles. The number of rotatable bonds is 5. The number of fused-ring (bicyclic) bond motifs is 2. The predicted octanol–water partition coefficient (Wildman–Crippen LogP) is 5.99. The van der Waals surface area contributed by atoms with Crippen molar-refractivity contribution in [1.82, 2.24) is 9.80 Å². The molecule has 1 atom stereocenters. The SMILES string of the molecule is Cc1ccccc1C1c2ccsc2CCN1C(=O)CN(C(=O)c1ccc2ccccc2c1)C1CC1. The van der Waals surface area contributed by atoms with E-state index in [2.05, 4.69) is 30.5 Å². The van der Waals surface area contributed by atoms with Gasteiger partial charge in [0.15, 0.2) is 0 Å². The van der Waals surface area contributed by atoms with Crippen molar-refractivity contribution in [3.8, 4) is 0 Å². The molecule has 0 spiro atoms. The molecule has 176 valence electrons. The lowest BCUT2D eigenvalue weighted by Gasteiger charge is -2.38. The lowest BCUT2D eigenvalue weighted by molar-refractivity contribution is -0.134. The Morgan fingerprint density at radius 2 is 1.71 bits per heavy atom. The van der Waals surface area contributed by atoms with Gasteiger partial charge >= 0.3 is 0 Å². The van der Waals surface area contributed by atoms with Gasteiger partial charge in [0, 0.05) is 23.0 Å². The van der Waals surface area contributed by atoms with E-state index in [1.54, 1.807) is 11.3 Å². The summed E-state index contributed by atoms with van der Waals surface area (Å²) in [4.78, 5) is 32.6. The second-order valence-corrected chi connectivity index (χ2v) is 10.6. The van der Waals surface area contributed by atoms with Crippen LogP contribution in [-0.2, 0) is 11.2 Å². The van der Waals surface area contributed by atoms with Crippen LogP contribution in [0, 0.1) is 6.92 Å². The molecule has 1 aliphatic heterocycles. The molecule has 0 bridgehead atoms. The van der Waals surface area contributed by atoms with Crippen molar-refractivity contribution >= 4 is 33.9 Å². The second-order valence-electron chi connectivity index (χ2n) is 9.62. The predicted molar refractivity (Wildman–Crippen MR) is 141 cm³/mol. The van der Waals surface area contributed by atoms with Gasteiger partial charge in [0.05, 0.1) is 6.04 Å². The summed E-state index contributed by atoms with van der Waals surface area (Å²) in [5.74, 6) is -0.0246. The Bertz CT molecular complexity index is 1420. The molecule has 35 heavy (non-hydrogen) atoms. The molecule has 1 saturated carbocycles. The van der Waals surface area contributed by atoms with Gasteiger partial charge in [-0.15, -0.1) is 11.3 Å². The maximum atomic E-state index is 13.9. The Balaban J connectivity index is 1.30. The summed E-state index contributed by atoms with van der Waals surface area (Å²) >= 11 is 1.77. The fourth-order valence-electron chi connectivity index (χ4n) is 5.29. The van der Waals surface area contributed by atoms with Gasteiger partial charge in [-0.2, -0.15) is 0 Å². The number of nitrogens with zero attached hydrogens (tertiary/aromatic N) is 2. The summed E-state index contributed by atoms with van der Waals surface area (Å²) in [5, 5.41) is 4.28. The van der Waals surface area contributed by atoms with Crippen molar-refractivity contribution in [2.24, 2.45) is 0 Å². The summed E-state index contributed by atoms with van der Waals surface area (Å²) in [6.07, 6.45) is 2.79. The summed E-state index contributed by atoms with van der Waals surface area (Å²) in [6.45, 7) is 2.91. The molecule has 3 aromatic carbocycles. The largest absolute Gasteiger partial charge is 0.330 e. The normalized spacial score (nSPS) is 17.3. The van der Waals surface area contributed by atoms with Gasteiger partial charge in [-0.1, -0.05) is 54.6 Å². The maximum absolute atomic E-state index is 13.9. The number of carbonyl (C=O) groups is 2. The van der Waals surface area contributed by atoms with E-state index in [4.69, 9.17) is 0 Å². The molecule has 6 rings (SSSR count). The van der Waals surface area contributed by atoms with Crippen LogP contribution >= 0.6 is 11.3 Å². The van der Waals surface area contributed by atoms with E-state index >= 15 is 0 Å². The number of thiophene rings is 1. The first-order valence-electron chi connectivity index (χ1n) is 12.3. The smallest absolute Gasteiger partial charge is 0.254 e. The number of hydrogen-bond acceptors (Lipinski definition) is 3. The van der Waals surface area contributed by atoms with Crippen LogP contribution in [0.15, 0.2) is 78.2 Å². The third-order valence-corrected chi connectivity index (χ3v) is 8.32. The lowest BCUT2D eigenvalue weighted by Crippen LogP contribution is -2.47. The topological polar surface area (TPSA) is 40.6 Å². The molecule has 1 aromatic heterocycles. The third kappa shape index (κ3) is 4.14. The van der Waals surface area contributed by atoms with Gasteiger partial charge in [-0.05, 0) is 77.2 Å². The average molecular weight is 481 g/mol. The minimum Gasteiger partial charge on any atom is -0.330 e. The van der Waals surface area contributed by atoms with Crippen LogP contribution in [0.4, 0.5) is 0 Å². The Kier molecular flexibility index (Phi) is 5.65. The Morgan fingerprint density at radius 3 is 2.51 bits per heavy atom. The maximum Gasteiger partial charge on any atom is 0.254 e. The molecule has 1 fully saturated rings. The first kappa shape index (κ1) is 22.1. The zero-order valence-electron chi connectivity index (χ0n) is 19.8. The quantitative estimate of drug-likeness (QED) is 0.352. The number of hydrogen-bond donors (Lipinski definition) is 0. The monoisotopic (exact) mass is 480 g/mol. The highest BCUT2D eigenvalue weighted by atomic mass is 32.1. The molecule has 0 N–H and O–H groups in total. The van der Waals surface area contributed by atoms with Crippen molar-refractivity contribution in [2.75, 3.05) is 13.1 Å². The minimum atomic E-state index is -0.101. The number of benzene rings is 3. The minimum absolute atomic E-state index is 0.0242. The van der Waals surface area contributed by atoms with Crippen LogP contribution in [0.3, 0.4) is 0 Å². The molecular formula is C30H28N2O2S. The lowest BCUT2D eigenvalue weighted by atomic mass is 9.90. The summed E-state index contributed by atoms with van der Waals surface area (Å²) in [7, 11) is 0. The molecule has 1 unspecified atom stereocenters. The van der Waals surface area contributed by atoms with Gasteiger partial charge in [0.2, 0.25) is 5.91 Å². The van der Waals surface area contributed by atoms with Gasteiger partial charge < -0.3 is 9.80 Å². The van der Waals surface area contributed by atoms with Crippen molar-refractivity contribution < 1.29 is 9.59 Å². The van der Waals surface area contributed by atoms with E-state index in [0.717, 1.165) is 30.0 Å².